The third-order valence-electron chi connectivity index (χ3n) is 3.17. The molecule has 1 unspecified atom stereocenters. The summed E-state index contributed by atoms with van der Waals surface area (Å²) < 4.78 is 18.7. The molecular formula is C14H20ClFN2O2. The van der Waals surface area contributed by atoms with Gasteiger partial charge in [0.05, 0.1) is 18.5 Å². The van der Waals surface area contributed by atoms with E-state index in [1.54, 1.807) is 6.92 Å². The molecule has 1 aromatic rings. The molecule has 0 bridgehead atoms. The summed E-state index contributed by atoms with van der Waals surface area (Å²) in [7, 11) is 0. The molecule has 1 atom stereocenters. The van der Waals surface area contributed by atoms with Crippen LogP contribution in [0.25, 0.3) is 0 Å². The first-order valence-electron chi connectivity index (χ1n) is 6.56. The van der Waals surface area contributed by atoms with E-state index in [4.69, 9.17) is 16.3 Å². The van der Waals surface area contributed by atoms with Gasteiger partial charge < -0.3 is 4.74 Å². The summed E-state index contributed by atoms with van der Waals surface area (Å²) in [6.45, 7) is 8.09. The van der Waals surface area contributed by atoms with Crippen molar-refractivity contribution in [1.82, 2.24) is 9.97 Å². The number of hydrogen-bond acceptors (Lipinski definition) is 4. The van der Waals surface area contributed by atoms with E-state index in [0.29, 0.717) is 13.0 Å². The average Bonchev–Trinajstić information content (AvgIpc) is 2.32. The highest BCUT2D eigenvalue weighted by molar-refractivity contribution is 6.28. The first-order valence-corrected chi connectivity index (χ1v) is 6.94. The molecule has 112 valence electrons. The first-order chi connectivity index (χ1) is 9.24. The van der Waals surface area contributed by atoms with Crippen molar-refractivity contribution in [1.29, 1.82) is 0 Å². The second-order valence-corrected chi connectivity index (χ2v) is 6.05. The smallest absolute Gasteiger partial charge is 0.306 e. The zero-order valence-electron chi connectivity index (χ0n) is 12.2. The highest BCUT2D eigenvalue weighted by atomic mass is 35.5. The summed E-state index contributed by atoms with van der Waals surface area (Å²) in [6, 6.07) is 0. The van der Waals surface area contributed by atoms with Crippen LogP contribution in [0.15, 0.2) is 6.20 Å². The Balaban J connectivity index is 2.90. The quantitative estimate of drug-likeness (QED) is 0.617. The highest BCUT2D eigenvalue weighted by Gasteiger charge is 2.29. The summed E-state index contributed by atoms with van der Waals surface area (Å²) in [5.74, 6) is -0.887. The van der Waals surface area contributed by atoms with Gasteiger partial charge in [0.2, 0.25) is 5.28 Å². The van der Waals surface area contributed by atoms with Gasteiger partial charge in [0, 0.05) is 6.42 Å². The van der Waals surface area contributed by atoms with Crippen LogP contribution in [0.3, 0.4) is 0 Å². The Kier molecular flexibility index (Phi) is 5.87. The minimum Gasteiger partial charge on any atom is -0.466 e. The van der Waals surface area contributed by atoms with Crippen molar-refractivity contribution < 1.29 is 13.9 Å². The number of carbonyl (C=O) groups excluding carboxylic acids is 1. The third-order valence-corrected chi connectivity index (χ3v) is 3.35. The number of halogens is 2. The molecule has 0 amide bonds. The van der Waals surface area contributed by atoms with Crippen molar-refractivity contribution >= 4 is 17.6 Å². The summed E-state index contributed by atoms with van der Waals surface area (Å²) in [4.78, 5) is 19.2. The number of rotatable bonds is 5. The maximum absolute atomic E-state index is 13.7. The Hall–Kier alpha value is -1.23. The molecule has 0 fully saturated rings. The molecule has 0 spiro atoms. The average molecular weight is 303 g/mol. The fourth-order valence-electron chi connectivity index (χ4n) is 1.86. The van der Waals surface area contributed by atoms with Crippen LogP contribution in [0.1, 0.15) is 39.8 Å². The predicted molar refractivity (Wildman–Crippen MR) is 74.9 cm³/mol. The SMILES string of the molecule is CCOC(=O)CC(Cc1nc(Cl)ncc1F)C(C)(C)C. The number of esters is 1. The second-order valence-electron chi connectivity index (χ2n) is 5.71. The lowest BCUT2D eigenvalue weighted by Gasteiger charge is -2.29. The Labute approximate surface area is 123 Å². The molecule has 0 N–H and O–H groups in total. The van der Waals surface area contributed by atoms with Crippen LogP contribution in [-0.2, 0) is 16.0 Å². The summed E-state index contributed by atoms with van der Waals surface area (Å²) in [5, 5.41) is 0.00481. The van der Waals surface area contributed by atoms with Gasteiger partial charge >= 0.3 is 5.97 Å². The molecule has 0 saturated carbocycles. The van der Waals surface area contributed by atoms with Crippen molar-refractivity contribution in [3.05, 3.63) is 23.0 Å². The van der Waals surface area contributed by atoms with Gasteiger partial charge in [0.25, 0.3) is 0 Å². The van der Waals surface area contributed by atoms with E-state index in [1.165, 1.54) is 0 Å². The summed E-state index contributed by atoms with van der Waals surface area (Å²) in [5.41, 5.74) is 0.0469. The minimum atomic E-state index is -0.507. The van der Waals surface area contributed by atoms with Gasteiger partial charge in [-0.3, -0.25) is 4.79 Å². The molecule has 0 aliphatic rings. The van der Waals surface area contributed by atoms with Crippen molar-refractivity contribution in [2.45, 2.75) is 40.5 Å². The zero-order valence-corrected chi connectivity index (χ0v) is 13.0. The molecule has 1 heterocycles. The van der Waals surface area contributed by atoms with E-state index in [2.05, 4.69) is 9.97 Å². The molecular weight excluding hydrogens is 283 g/mol. The van der Waals surface area contributed by atoms with Gasteiger partial charge in [0.15, 0.2) is 5.82 Å². The van der Waals surface area contributed by atoms with E-state index in [0.717, 1.165) is 6.20 Å². The Morgan fingerprint density at radius 3 is 2.70 bits per heavy atom. The lowest BCUT2D eigenvalue weighted by Crippen LogP contribution is -2.27. The summed E-state index contributed by atoms with van der Waals surface area (Å²) >= 11 is 5.69. The lowest BCUT2D eigenvalue weighted by molar-refractivity contribution is -0.145. The van der Waals surface area contributed by atoms with E-state index < -0.39 is 5.82 Å². The minimum absolute atomic E-state index is 0.00481. The Morgan fingerprint density at radius 2 is 2.15 bits per heavy atom. The number of ether oxygens (including phenoxy) is 1. The largest absolute Gasteiger partial charge is 0.466 e. The lowest BCUT2D eigenvalue weighted by atomic mass is 9.76. The van der Waals surface area contributed by atoms with Gasteiger partial charge in [-0.1, -0.05) is 20.8 Å². The van der Waals surface area contributed by atoms with Crippen LogP contribution < -0.4 is 0 Å². The van der Waals surface area contributed by atoms with Crippen LogP contribution in [0.4, 0.5) is 4.39 Å². The molecule has 0 saturated heterocycles. The summed E-state index contributed by atoms with van der Waals surface area (Å²) in [6.07, 6.45) is 1.59. The molecule has 0 aliphatic heterocycles. The zero-order chi connectivity index (χ0) is 15.3. The maximum atomic E-state index is 13.7. The fourth-order valence-corrected chi connectivity index (χ4v) is 2.01. The predicted octanol–water partition coefficient (Wildman–Crippen LogP) is 3.43. The third kappa shape index (κ3) is 5.04. The standard InChI is InChI=1S/C14H20ClFN2O2/c1-5-20-12(19)7-9(14(2,3)4)6-11-10(16)8-17-13(15)18-11/h8-9H,5-7H2,1-4H3. The van der Waals surface area contributed by atoms with Crippen molar-refractivity contribution in [2.24, 2.45) is 11.3 Å². The number of carbonyl (C=O) groups is 1. The van der Waals surface area contributed by atoms with Gasteiger partial charge in [-0.25, -0.2) is 14.4 Å². The maximum Gasteiger partial charge on any atom is 0.306 e. The number of nitrogens with zero attached hydrogens (tertiary/aromatic N) is 2. The van der Waals surface area contributed by atoms with Gasteiger partial charge in [-0.05, 0) is 36.3 Å². The normalized spacial score (nSPS) is 13.1. The topological polar surface area (TPSA) is 52.1 Å². The molecule has 1 aromatic heterocycles. The Morgan fingerprint density at radius 1 is 1.50 bits per heavy atom. The van der Waals surface area contributed by atoms with E-state index in [9.17, 15) is 9.18 Å². The molecule has 4 nitrogen and oxygen atoms in total. The van der Waals surface area contributed by atoms with Crippen LogP contribution in [-0.4, -0.2) is 22.5 Å². The van der Waals surface area contributed by atoms with E-state index >= 15 is 0 Å². The second kappa shape index (κ2) is 6.97. The van der Waals surface area contributed by atoms with Crippen molar-refractivity contribution in [3.8, 4) is 0 Å². The van der Waals surface area contributed by atoms with Crippen LogP contribution >= 0.6 is 11.6 Å². The molecule has 1 rings (SSSR count). The number of aromatic nitrogens is 2. The van der Waals surface area contributed by atoms with Gasteiger partial charge in [0.1, 0.15) is 0 Å². The first kappa shape index (κ1) is 16.8. The monoisotopic (exact) mass is 302 g/mol. The van der Waals surface area contributed by atoms with Gasteiger partial charge in [-0.15, -0.1) is 0 Å². The molecule has 0 radical (unpaired) electrons. The van der Waals surface area contributed by atoms with Gasteiger partial charge in [-0.2, -0.15) is 0 Å². The Bertz CT molecular complexity index is 475. The molecule has 0 aliphatic carbocycles. The molecule has 0 aromatic carbocycles. The highest BCUT2D eigenvalue weighted by Crippen LogP contribution is 2.32. The van der Waals surface area contributed by atoms with Crippen LogP contribution in [0.5, 0.6) is 0 Å². The van der Waals surface area contributed by atoms with E-state index in [-0.39, 0.29) is 34.7 Å². The molecule has 6 heteroatoms. The number of hydrogen-bond donors (Lipinski definition) is 0. The van der Waals surface area contributed by atoms with E-state index in [1.807, 2.05) is 20.8 Å². The van der Waals surface area contributed by atoms with Crippen molar-refractivity contribution in [2.75, 3.05) is 6.61 Å². The fraction of sp³-hybridized carbons (Fsp3) is 0.643. The van der Waals surface area contributed by atoms with Crippen LogP contribution in [0, 0.1) is 17.2 Å². The van der Waals surface area contributed by atoms with Crippen LogP contribution in [0.2, 0.25) is 5.28 Å². The van der Waals surface area contributed by atoms with Crippen molar-refractivity contribution in [3.63, 3.8) is 0 Å². The molecule has 20 heavy (non-hydrogen) atoms.